The maximum Gasteiger partial charge on any atom is 0.416 e. The van der Waals surface area contributed by atoms with Crippen molar-refractivity contribution in [2.75, 3.05) is 23.7 Å². The molecule has 2 aromatic rings. The number of nitrogens with one attached hydrogen (secondary N) is 1. The Balaban J connectivity index is 2.50. The highest BCUT2D eigenvalue weighted by Crippen LogP contribution is 2.36. The van der Waals surface area contributed by atoms with E-state index in [1.807, 2.05) is 6.92 Å². The molecule has 7 nitrogen and oxygen atoms in total. The first-order valence-electron chi connectivity index (χ1n) is 10.8. The van der Waals surface area contributed by atoms with Gasteiger partial charge in [0.15, 0.2) is 0 Å². The zero-order valence-corrected chi connectivity index (χ0v) is 21.3. The summed E-state index contributed by atoms with van der Waals surface area (Å²) < 4.78 is 79.6. The van der Waals surface area contributed by atoms with Crippen LogP contribution in [0, 0.1) is 5.82 Å². The molecule has 0 aromatic heterocycles. The Labute approximate surface area is 212 Å². The highest BCUT2D eigenvalue weighted by Gasteiger charge is 2.34. The normalized spacial score (nSPS) is 12.7. The molecule has 2 amide bonds. The van der Waals surface area contributed by atoms with Crippen molar-refractivity contribution >= 4 is 39.1 Å². The van der Waals surface area contributed by atoms with Gasteiger partial charge >= 0.3 is 6.18 Å². The minimum absolute atomic E-state index is 0.0593. The Kier molecular flexibility index (Phi) is 9.72. The van der Waals surface area contributed by atoms with Crippen LogP contribution >= 0.6 is 11.6 Å². The summed E-state index contributed by atoms with van der Waals surface area (Å²) in [6, 6.07) is 6.43. The Hall–Kier alpha value is -2.86. The van der Waals surface area contributed by atoms with Gasteiger partial charge in [0.25, 0.3) is 0 Å². The summed E-state index contributed by atoms with van der Waals surface area (Å²) >= 11 is 6.02. The Morgan fingerprint density at radius 1 is 1.14 bits per heavy atom. The van der Waals surface area contributed by atoms with E-state index in [0.717, 1.165) is 17.0 Å². The smallest absolute Gasteiger partial charge is 0.354 e. The number of nitrogens with zero attached hydrogens (tertiary/aromatic N) is 2. The van der Waals surface area contributed by atoms with E-state index in [1.165, 1.54) is 25.1 Å². The maximum atomic E-state index is 14.3. The molecule has 1 unspecified atom stereocenters. The van der Waals surface area contributed by atoms with Crippen LogP contribution < -0.4 is 9.62 Å². The predicted octanol–water partition coefficient (Wildman–Crippen LogP) is 4.21. The molecule has 0 heterocycles. The molecule has 0 aliphatic carbocycles. The van der Waals surface area contributed by atoms with Crippen LogP contribution in [-0.2, 0) is 32.3 Å². The first kappa shape index (κ1) is 29.4. The first-order chi connectivity index (χ1) is 16.7. The molecule has 0 aliphatic heterocycles. The van der Waals surface area contributed by atoms with Crippen LogP contribution in [0.2, 0.25) is 5.02 Å². The van der Waals surface area contributed by atoms with Crippen molar-refractivity contribution in [1.29, 1.82) is 0 Å². The third-order valence-corrected chi connectivity index (χ3v) is 6.68. The number of anilines is 1. The van der Waals surface area contributed by atoms with Crippen molar-refractivity contribution in [3.63, 3.8) is 0 Å². The topological polar surface area (TPSA) is 86.8 Å². The van der Waals surface area contributed by atoms with E-state index in [1.54, 1.807) is 0 Å². The van der Waals surface area contributed by atoms with Gasteiger partial charge in [-0.3, -0.25) is 13.9 Å². The van der Waals surface area contributed by atoms with Crippen LogP contribution in [0.5, 0.6) is 0 Å². The van der Waals surface area contributed by atoms with Crippen LogP contribution in [0.4, 0.5) is 23.2 Å². The number of rotatable bonds is 10. The molecule has 1 atom stereocenters. The molecule has 0 spiro atoms. The number of hydrogen-bond acceptors (Lipinski definition) is 4. The van der Waals surface area contributed by atoms with Crippen molar-refractivity contribution in [2.45, 2.75) is 39.0 Å². The molecule has 0 fully saturated rings. The van der Waals surface area contributed by atoms with Gasteiger partial charge in [0.05, 0.1) is 22.5 Å². The largest absolute Gasteiger partial charge is 0.416 e. The van der Waals surface area contributed by atoms with Gasteiger partial charge in [0, 0.05) is 18.7 Å². The van der Waals surface area contributed by atoms with Crippen molar-refractivity contribution < 1.29 is 35.6 Å². The Morgan fingerprint density at radius 2 is 1.78 bits per heavy atom. The molecular weight excluding hydrogens is 526 g/mol. The number of alkyl halides is 3. The minimum Gasteiger partial charge on any atom is -0.354 e. The summed E-state index contributed by atoms with van der Waals surface area (Å²) in [5.41, 5.74) is -1.67. The number of carbonyl (C=O) groups excluding carboxylic acids is 2. The number of amides is 2. The van der Waals surface area contributed by atoms with Gasteiger partial charge in [-0.1, -0.05) is 36.7 Å². The molecule has 0 saturated carbocycles. The molecule has 0 saturated heterocycles. The first-order valence-corrected chi connectivity index (χ1v) is 13.0. The van der Waals surface area contributed by atoms with E-state index in [9.17, 15) is 35.6 Å². The molecule has 13 heteroatoms. The van der Waals surface area contributed by atoms with Crippen molar-refractivity contribution in [3.05, 3.63) is 64.4 Å². The molecular formula is C23H26ClF4N3O4S. The molecule has 0 bridgehead atoms. The van der Waals surface area contributed by atoms with Crippen molar-refractivity contribution in [1.82, 2.24) is 10.2 Å². The fourth-order valence-corrected chi connectivity index (χ4v) is 4.39. The molecule has 2 aromatic carbocycles. The lowest BCUT2D eigenvalue weighted by molar-refractivity contribution is -0.139. The van der Waals surface area contributed by atoms with Gasteiger partial charge in [-0.2, -0.15) is 13.2 Å². The third-order valence-electron chi connectivity index (χ3n) is 5.24. The van der Waals surface area contributed by atoms with Gasteiger partial charge in [-0.25, -0.2) is 12.8 Å². The van der Waals surface area contributed by atoms with Gasteiger partial charge in [-0.15, -0.1) is 0 Å². The monoisotopic (exact) mass is 551 g/mol. The zero-order valence-electron chi connectivity index (χ0n) is 19.8. The third kappa shape index (κ3) is 7.57. The van der Waals surface area contributed by atoms with Crippen LogP contribution in [0.1, 0.15) is 31.4 Å². The van der Waals surface area contributed by atoms with Crippen LogP contribution in [-0.4, -0.2) is 50.5 Å². The van der Waals surface area contributed by atoms with Crippen molar-refractivity contribution in [2.24, 2.45) is 0 Å². The van der Waals surface area contributed by atoms with Crippen LogP contribution in [0.3, 0.4) is 0 Å². The summed E-state index contributed by atoms with van der Waals surface area (Å²) in [6.45, 7) is 2.14. The minimum atomic E-state index is -4.80. The highest BCUT2D eigenvalue weighted by molar-refractivity contribution is 7.92. The second kappa shape index (κ2) is 11.9. The van der Waals surface area contributed by atoms with Gasteiger partial charge in [0.1, 0.15) is 18.4 Å². The molecule has 36 heavy (non-hydrogen) atoms. The van der Waals surface area contributed by atoms with E-state index in [0.29, 0.717) is 35.7 Å². The Morgan fingerprint density at radius 3 is 2.33 bits per heavy atom. The summed E-state index contributed by atoms with van der Waals surface area (Å²) in [7, 11) is -4.31. The lowest BCUT2D eigenvalue weighted by Gasteiger charge is -2.32. The number of halogens is 5. The maximum absolute atomic E-state index is 14.3. The SMILES string of the molecule is CCCNC(=O)C(C)N(Cc1ccccc1F)C(=O)CN(c1cc(C(F)(F)F)ccc1Cl)S(C)(=O)=O. The number of hydrogen-bond donors (Lipinski definition) is 1. The van der Waals surface area contributed by atoms with Crippen LogP contribution in [0.25, 0.3) is 0 Å². The lowest BCUT2D eigenvalue weighted by Crippen LogP contribution is -2.51. The molecule has 198 valence electrons. The van der Waals surface area contributed by atoms with Crippen LogP contribution in [0.15, 0.2) is 42.5 Å². The zero-order chi connectivity index (χ0) is 27.3. The van der Waals surface area contributed by atoms with E-state index in [2.05, 4.69) is 5.32 Å². The van der Waals surface area contributed by atoms with Gasteiger partial charge < -0.3 is 10.2 Å². The molecule has 0 radical (unpaired) electrons. The predicted molar refractivity (Wildman–Crippen MR) is 128 cm³/mol. The van der Waals surface area contributed by atoms with Gasteiger partial charge in [0.2, 0.25) is 21.8 Å². The highest BCUT2D eigenvalue weighted by atomic mass is 35.5. The van der Waals surface area contributed by atoms with Crippen molar-refractivity contribution in [3.8, 4) is 0 Å². The summed E-state index contributed by atoms with van der Waals surface area (Å²) in [5.74, 6) is -2.17. The second-order valence-electron chi connectivity index (χ2n) is 8.01. The fourth-order valence-electron chi connectivity index (χ4n) is 3.26. The van der Waals surface area contributed by atoms with E-state index in [4.69, 9.17) is 11.6 Å². The summed E-state index contributed by atoms with van der Waals surface area (Å²) in [5, 5.41) is 2.27. The fraction of sp³-hybridized carbons (Fsp3) is 0.391. The van der Waals surface area contributed by atoms with E-state index in [-0.39, 0.29) is 17.1 Å². The molecule has 0 aliphatic rings. The Bertz CT molecular complexity index is 1210. The lowest BCUT2D eigenvalue weighted by atomic mass is 10.1. The summed E-state index contributed by atoms with van der Waals surface area (Å²) in [4.78, 5) is 26.9. The summed E-state index contributed by atoms with van der Waals surface area (Å²) in [6.07, 6.45) is -3.49. The van der Waals surface area contributed by atoms with Gasteiger partial charge in [-0.05, 0) is 37.6 Å². The number of benzene rings is 2. The second-order valence-corrected chi connectivity index (χ2v) is 10.3. The standard InChI is InChI=1S/C23H26ClF4N3O4S/c1-4-11-29-22(33)15(2)30(13-16-7-5-6-8-19(16)25)21(32)14-31(36(3,34)35)20-12-17(23(26,27)28)9-10-18(20)24/h5-10,12,15H,4,11,13-14H2,1-3H3,(H,29,33). The molecule has 1 N–H and O–H groups in total. The van der Waals surface area contributed by atoms with E-state index >= 15 is 0 Å². The number of carbonyl (C=O) groups is 2. The quantitative estimate of drug-likeness (QED) is 0.448. The number of sulfonamides is 1. The molecule has 2 rings (SSSR count). The average molecular weight is 552 g/mol. The van der Waals surface area contributed by atoms with E-state index < -0.39 is 57.7 Å². The average Bonchev–Trinajstić information content (AvgIpc) is 2.79.